The summed E-state index contributed by atoms with van der Waals surface area (Å²) in [6.07, 6.45) is -2.45. The smallest absolute Gasteiger partial charge is 0.461 e. The summed E-state index contributed by atoms with van der Waals surface area (Å²) in [5.41, 5.74) is 0.173. The predicted molar refractivity (Wildman–Crippen MR) is 69.2 cm³/mol. The van der Waals surface area contributed by atoms with Crippen molar-refractivity contribution in [2.45, 2.75) is 19.1 Å². The van der Waals surface area contributed by atoms with Crippen LogP contribution in [0.5, 0.6) is 11.5 Å². The first-order valence-electron chi connectivity index (χ1n) is 6.44. The van der Waals surface area contributed by atoms with Crippen LogP contribution in [-0.4, -0.2) is 17.9 Å². The number of halogens is 2. The van der Waals surface area contributed by atoms with Crippen LogP contribution < -0.4 is 9.47 Å². The average Bonchev–Trinajstić information content (AvgIpc) is 3.08. The fourth-order valence-electron chi connectivity index (χ4n) is 2.05. The molecule has 0 spiro atoms. The van der Waals surface area contributed by atoms with Gasteiger partial charge in [-0.05, 0) is 30.3 Å². The maximum atomic E-state index is 12.9. The van der Waals surface area contributed by atoms with Crippen LogP contribution in [0.25, 0.3) is 0 Å². The predicted octanol–water partition coefficient (Wildman–Crippen LogP) is 3.45. The SMILES string of the molecule is O=C(CCC(=O)c1ccco1)c1ccc2c(c1)OC(F)(F)O2. The van der Waals surface area contributed by atoms with Crippen LogP contribution in [0.1, 0.15) is 33.8 Å². The maximum Gasteiger partial charge on any atom is 0.586 e. The molecule has 1 aliphatic heterocycles. The van der Waals surface area contributed by atoms with Crippen molar-refractivity contribution in [3.63, 3.8) is 0 Å². The van der Waals surface area contributed by atoms with E-state index in [9.17, 15) is 18.4 Å². The van der Waals surface area contributed by atoms with E-state index >= 15 is 0 Å². The molecule has 3 rings (SSSR count). The highest BCUT2D eigenvalue weighted by atomic mass is 19.3. The van der Waals surface area contributed by atoms with Gasteiger partial charge < -0.3 is 13.9 Å². The zero-order valence-corrected chi connectivity index (χ0v) is 11.2. The minimum atomic E-state index is -3.72. The lowest BCUT2D eigenvalue weighted by Gasteiger charge is -2.04. The van der Waals surface area contributed by atoms with Crippen LogP contribution in [0.15, 0.2) is 41.0 Å². The standard InChI is InChI=1S/C15H10F2O5/c16-15(17)21-13-6-3-9(8-14(13)22-15)10(18)4-5-11(19)12-2-1-7-20-12/h1-3,6-8H,4-5H2. The molecule has 1 aromatic heterocycles. The molecule has 22 heavy (non-hydrogen) atoms. The second-order valence-electron chi connectivity index (χ2n) is 4.65. The fourth-order valence-corrected chi connectivity index (χ4v) is 2.05. The molecule has 0 N–H and O–H groups in total. The van der Waals surface area contributed by atoms with Gasteiger partial charge in [0.05, 0.1) is 6.26 Å². The van der Waals surface area contributed by atoms with Gasteiger partial charge in [0.25, 0.3) is 0 Å². The number of ether oxygens (including phenoxy) is 2. The number of hydrogen-bond donors (Lipinski definition) is 0. The molecule has 1 aromatic carbocycles. The van der Waals surface area contributed by atoms with E-state index in [-0.39, 0.29) is 47.2 Å². The number of Topliss-reactive ketones (excluding diaryl/α,β-unsaturated/α-hetero) is 2. The fraction of sp³-hybridized carbons (Fsp3) is 0.200. The lowest BCUT2D eigenvalue weighted by atomic mass is 10.0. The number of rotatable bonds is 5. The summed E-state index contributed by atoms with van der Waals surface area (Å²) in [7, 11) is 0. The second-order valence-corrected chi connectivity index (χ2v) is 4.65. The van der Waals surface area contributed by atoms with Crippen molar-refractivity contribution >= 4 is 11.6 Å². The zero-order chi connectivity index (χ0) is 15.7. The number of fused-ring (bicyclic) bond motifs is 1. The number of alkyl halides is 2. The van der Waals surface area contributed by atoms with Gasteiger partial charge in [-0.1, -0.05) is 0 Å². The normalized spacial score (nSPS) is 14.8. The van der Waals surface area contributed by atoms with Gasteiger partial charge >= 0.3 is 6.29 Å². The van der Waals surface area contributed by atoms with Gasteiger partial charge in [-0.15, -0.1) is 8.78 Å². The highest BCUT2D eigenvalue weighted by Crippen LogP contribution is 2.41. The van der Waals surface area contributed by atoms with Crippen LogP contribution in [0.3, 0.4) is 0 Å². The van der Waals surface area contributed by atoms with Crippen molar-refractivity contribution < 1.29 is 32.3 Å². The summed E-state index contributed by atoms with van der Waals surface area (Å²) in [5.74, 6) is -0.813. The van der Waals surface area contributed by atoms with Crippen molar-refractivity contribution in [1.29, 1.82) is 0 Å². The van der Waals surface area contributed by atoms with Crippen molar-refractivity contribution in [2.75, 3.05) is 0 Å². The summed E-state index contributed by atoms with van der Waals surface area (Å²) >= 11 is 0. The molecule has 0 amide bonds. The Morgan fingerprint density at radius 1 is 1.00 bits per heavy atom. The Bertz CT molecular complexity index is 722. The Kier molecular flexibility index (Phi) is 3.40. The largest absolute Gasteiger partial charge is 0.586 e. The molecule has 7 heteroatoms. The molecule has 114 valence electrons. The molecule has 2 heterocycles. The summed E-state index contributed by atoms with van der Waals surface area (Å²) in [4.78, 5) is 23.7. The van der Waals surface area contributed by atoms with E-state index in [1.807, 2.05) is 0 Å². The Morgan fingerprint density at radius 2 is 1.73 bits per heavy atom. The van der Waals surface area contributed by atoms with Gasteiger partial charge in [-0.25, -0.2) is 0 Å². The molecule has 0 unspecified atom stereocenters. The third-order valence-electron chi connectivity index (χ3n) is 3.10. The molecule has 0 saturated carbocycles. The van der Waals surface area contributed by atoms with E-state index in [2.05, 4.69) is 9.47 Å². The molecule has 5 nitrogen and oxygen atoms in total. The Labute approximate surface area is 123 Å². The van der Waals surface area contributed by atoms with Crippen LogP contribution in [-0.2, 0) is 0 Å². The molecular weight excluding hydrogens is 298 g/mol. The van der Waals surface area contributed by atoms with Crippen molar-refractivity contribution in [3.05, 3.63) is 47.9 Å². The Balaban J connectivity index is 1.65. The number of benzene rings is 1. The summed E-state index contributed by atoms with van der Waals surface area (Å²) < 4.78 is 39.3. The van der Waals surface area contributed by atoms with Crippen molar-refractivity contribution in [3.8, 4) is 11.5 Å². The van der Waals surface area contributed by atoms with Crippen LogP contribution in [0, 0.1) is 0 Å². The second kappa shape index (κ2) is 5.25. The van der Waals surface area contributed by atoms with E-state index in [4.69, 9.17) is 4.42 Å². The minimum Gasteiger partial charge on any atom is -0.461 e. The lowest BCUT2D eigenvalue weighted by Crippen LogP contribution is -2.25. The molecule has 1 aliphatic rings. The van der Waals surface area contributed by atoms with Gasteiger partial charge in [0.1, 0.15) is 0 Å². The van der Waals surface area contributed by atoms with Gasteiger partial charge in [-0.3, -0.25) is 9.59 Å². The molecule has 0 bridgehead atoms. The van der Waals surface area contributed by atoms with Crippen molar-refractivity contribution in [2.24, 2.45) is 0 Å². The van der Waals surface area contributed by atoms with E-state index in [1.54, 1.807) is 6.07 Å². The van der Waals surface area contributed by atoms with Crippen LogP contribution in [0.2, 0.25) is 0 Å². The first-order chi connectivity index (χ1) is 10.4. The number of furan rings is 1. The summed E-state index contributed by atoms with van der Waals surface area (Å²) in [6.45, 7) is 0. The van der Waals surface area contributed by atoms with Gasteiger partial charge in [0, 0.05) is 18.4 Å². The molecule has 0 atom stereocenters. The van der Waals surface area contributed by atoms with E-state index in [0.717, 1.165) is 0 Å². The first kappa shape index (κ1) is 14.2. The van der Waals surface area contributed by atoms with Gasteiger partial charge in [-0.2, -0.15) is 0 Å². The Hall–Kier alpha value is -2.70. The Morgan fingerprint density at radius 3 is 2.45 bits per heavy atom. The van der Waals surface area contributed by atoms with Gasteiger partial charge in [0.15, 0.2) is 28.8 Å². The lowest BCUT2D eigenvalue weighted by molar-refractivity contribution is -0.286. The molecular formula is C15H10F2O5. The zero-order valence-electron chi connectivity index (χ0n) is 11.2. The highest BCUT2D eigenvalue weighted by molar-refractivity contribution is 6.01. The van der Waals surface area contributed by atoms with Crippen molar-refractivity contribution in [1.82, 2.24) is 0 Å². The topological polar surface area (TPSA) is 65.7 Å². The maximum absolute atomic E-state index is 12.9. The molecule has 0 saturated heterocycles. The summed E-state index contributed by atoms with van der Waals surface area (Å²) in [5, 5.41) is 0. The van der Waals surface area contributed by atoms with E-state index in [0.29, 0.717) is 0 Å². The highest BCUT2D eigenvalue weighted by Gasteiger charge is 2.43. The van der Waals surface area contributed by atoms with Crippen LogP contribution >= 0.6 is 0 Å². The monoisotopic (exact) mass is 308 g/mol. The van der Waals surface area contributed by atoms with E-state index < -0.39 is 6.29 Å². The van der Waals surface area contributed by atoms with Crippen LogP contribution in [0.4, 0.5) is 8.78 Å². The third-order valence-corrected chi connectivity index (χ3v) is 3.10. The molecule has 0 radical (unpaired) electrons. The number of carbonyl (C=O) groups excluding carboxylic acids is 2. The summed E-state index contributed by atoms with van der Waals surface area (Å²) in [6, 6.07) is 6.85. The molecule has 0 aliphatic carbocycles. The molecule has 2 aromatic rings. The average molecular weight is 308 g/mol. The number of hydrogen-bond acceptors (Lipinski definition) is 5. The number of ketones is 2. The third kappa shape index (κ3) is 2.83. The quantitative estimate of drug-likeness (QED) is 0.792. The number of carbonyl (C=O) groups is 2. The van der Waals surface area contributed by atoms with Gasteiger partial charge in [0.2, 0.25) is 0 Å². The van der Waals surface area contributed by atoms with E-state index in [1.165, 1.54) is 30.5 Å². The first-order valence-corrected chi connectivity index (χ1v) is 6.44. The minimum absolute atomic E-state index is 0.0308. The molecule has 0 fully saturated rings.